The number of carboxylic acids is 1. The smallest absolute Gasteiger partial charge is 0.407 e. The Labute approximate surface area is 258 Å². The summed E-state index contributed by atoms with van der Waals surface area (Å²) in [5.74, 6) is -4.31. The number of rotatable bonds is 7. The highest BCUT2D eigenvalue weighted by molar-refractivity contribution is 5.99. The van der Waals surface area contributed by atoms with Crippen molar-refractivity contribution >= 4 is 34.5 Å². The van der Waals surface area contributed by atoms with E-state index in [0.717, 1.165) is 26.5 Å². The Hall–Kier alpha value is -5.74. The lowest BCUT2D eigenvalue weighted by Crippen LogP contribution is -2.61. The number of piperazine rings is 1. The fraction of sp³-hybridized carbons (Fsp3) is 0.310. The van der Waals surface area contributed by atoms with Gasteiger partial charge in [0.25, 0.3) is 0 Å². The molecule has 1 aromatic carbocycles. The number of nitrogens with zero attached hydrogens (tertiary/aromatic N) is 7. The Morgan fingerprint density at radius 1 is 1.13 bits per heavy atom. The lowest BCUT2D eigenvalue weighted by Gasteiger charge is -2.43. The number of benzene rings is 1. The van der Waals surface area contributed by atoms with E-state index in [-0.39, 0.29) is 28.6 Å². The number of hydrogen-bond acceptors (Lipinski definition) is 10. The number of ether oxygens (including phenoxy) is 1. The highest BCUT2D eigenvalue weighted by Crippen LogP contribution is 2.41. The molecule has 2 atom stereocenters. The van der Waals surface area contributed by atoms with E-state index in [0.29, 0.717) is 0 Å². The zero-order chi connectivity index (χ0) is 33.6. The molecule has 3 aromatic heterocycles. The van der Waals surface area contributed by atoms with E-state index in [9.17, 15) is 34.7 Å². The van der Waals surface area contributed by atoms with Crippen LogP contribution < -0.4 is 15.2 Å². The van der Waals surface area contributed by atoms with Gasteiger partial charge in [-0.15, -0.1) is 0 Å². The highest BCUT2D eigenvalue weighted by atomic mass is 19.1. The number of carbonyl (C=O) groups is 2. The molecule has 1 saturated heterocycles. The minimum Gasteiger partial charge on any atom is -0.496 e. The minimum absolute atomic E-state index is 0.103. The predicted molar refractivity (Wildman–Crippen MR) is 159 cm³/mol. The number of methoxy groups -OCH3 is 1. The molecule has 2 N–H and O–H groups in total. The van der Waals surface area contributed by atoms with E-state index in [1.807, 2.05) is 0 Å². The van der Waals surface area contributed by atoms with Crippen LogP contribution in [0.3, 0.4) is 0 Å². The van der Waals surface area contributed by atoms with Gasteiger partial charge in [0, 0.05) is 25.0 Å². The van der Waals surface area contributed by atoms with Crippen molar-refractivity contribution in [2.24, 2.45) is 0 Å². The lowest BCUT2D eigenvalue weighted by atomic mass is 10.0. The standard InChI is InChI=1S/C29H27F2N7O8/c1-13(2)21-26(33-9-8-32-21)37-25-15(10-17(31)22(34-25)20-16(30)6-5-7-19(20)46-4)23(24(27(37)39)38(44)45)36-11-14(3)35(29(42)43)12-18(36)28(40)41/h5-10,13-14,18H,11-12H2,1-4H3,(H,40,41)(H,42,43)/t14?,18-/m1/s1. The number of aromatic nitrogens is 4. The molecule has 46 heavy (non-hydrogen) atoms. The summed E-state index contributed by atoms with van der Waals surface area (Å²) >= 11 is 0. The molecule has 1 aliphatic rings. The zero-order valence-electron chi connectivity index (χ0n) is 24.8. The first kappa shape index (κ1) is 31.7. The van der Waals surface area contributed by atoms with Crippen molar-refractivity contribution in [1.29, 1.82) is 0 Å². The van der Waals surface area contributed by atoms with E-state index in [1.165, 1.54) is 38.6 Å². The number of pyridine rings is 2. The van der Waals surface area contributed by atoms with Crippen LogP contribution in [0.25, 0.3) is 28.1 Å². The molecule has 4 aromatic rings. The maximum absolute atomic E-state index is 16.1. The van der Waals surface area contributed by atoms with Gasteiger partial charge < -0.3 is 24.7 Å². The molecular weight excluding hydrogens is 612 g/mol. The van der Waals surface area contributed by atoms with Crippen molar-refractivity contribution in [2.75, 3.05) is 25.1 Å². The molecule has 15 nitrogen and oxygen atoms in total. The molecule has 1 unspecified atom stereocenters. The van der Waals surface area contributed by atoms with E-state index < -0.39 is 87.6 Å². The molecule has 0 aliphatic carbocycles. The lowest BCUT2D eigenvalue weighted by molar-refractivity contribution is -0.385. The monoisotopic (exact) mass is 639 g/mol. The summed E-state index contributed by atoms with van der Waals surface area (Å²) in [6.07, 6.45) is 1.16. The number of aliphatic carboxylic acids is 1. The normalized spacial score (nSPS) is 16.6. The quantitative estimate of drug-likeness (QED) is 0.220. The summed E-state index contributed by atoms with van der Waals surface area (Å²) in [6, 6.07) is 1.89. The third kappa shape index (κ3) is 5.18. The fourth-order valence-corrected chi connectivity index (χ4v) is 5.61. The van der Waals surface area contributed by atoms with Gasteiger partial charge in [0.1, 0.15) is 29.0 Å². The molecule has 1 fully saturated rings. The third-order valence-corrected chi connectivity index (χ3v) is 7.69. The molecular formula is C29H27F2N7O8. The number of carboxylic acid groups (broad SMARTS) is 2. The second kappa shape index (κ2) is 12.0. The Morgan fingerprint density at radius 2 is 1.83 bits per heavy atom. The number of anilines is 1. The minimum atomic E-state index is -1.72. The summed E-state index contributed by atoms with van der Waals surface area (Å²) < 4.78 is 37.3. The van der Waals surface area contributed by atoms with Crippen LogP contribution in [-0.4, -0.2) is 83.9 Å². The average molecular weight is 640 g/mol. The van der Waals surface area contributed by atoms with Gasteiger partial charge in [-0.25, -0.2) is 32.9 Å². The van der Waals surface area contributed by atoms with Crippen molar-refractivity contribution in [3.63, 3.8) is 0 Å². The van der Waals surface area contributed by atoms with Gasteiger partial charge in [-0.05, 0) is 31.0 Å². The second-order valence-electron chi connectivity index (χ2n) is 10.8. The summed E-state index contributed by atoms with van der Waals surface area (Å²) in [5, 5.41) is 32.0. The zero-order valence-corrected chi connectivity index (χ0v) is 24.8. The molecule has 1 amide bonds. The van der Waals surface area contributed by atoms with Crippen molar-refractivity contribution in [3.8, 4) is 22.8 Å². The van der Waals surface area contributed by atoms with E-state index in [2.05, 4.69) is 15.0 Å². The van der Waals surface area contributed by atoms with E-state index >= 15 is 8.78 Å². The largest absolute Gasteiger partial charge is 0.496 e. The van der Waals surface area contributed by atoms with Crippen LogP contribution in [0.2, 0.25) is 0 Å². The highest BCUT2D eigenvalue weighted by Gasteiger charge is 2.43. The summed E-state index contributed by atoms with van der Waals surface area (Å²) in [5.41, 5.74) is -4.25. The van der Waals surface area contributed by atoms with Crippen molar-refractivity contribution < 1.29 is 38.2 Å². The molecule has 0 bridgehead atoms. The van der Waals surface area contributed by atoms with Crippen LogP contribution in [-0.2, 0) is 4.79 Å². The Bertz CT molecular complexity index is 1970. The van der Waals surface area contributed by atoms with Crippen molar-refractivity contribution in [2.45, 2.75) is 38.8 Å². The molecule has 0 radical (unpaired) electrons. The molecule has 240 valence electrons. The molecule has 4 heterocycles. The van der Waals surface area contributed by atoms with Gasteiger partial charge in [-0.1, -0.05) is 19.9 Å². The number of amides is 1. The molecule has 5 rings (SSSR count). The van der Waals surface area contributed by atoms with Crippen LogP contribution in [0.15, 0.2) is 41.5 Å². The second-order valence-corrected chi connectivity index (χ2v) is 10.8. The average Bonchev–Trinajstić information content (AvgIpc) is 2.99. The Kier molecular flexibility index (Phi) is 8.25. The third-order valence-electron chi connectivity index (χ3n) is 7.69. The topological polar surface area (TPSA) is 194 Å². The summed E-state index contributed by atoms with van der Waals surface area (Å²) in [7, 11) is 1.23. The van der Waals surface area contributed by atoms with Gasteiger partial charge >= 0.3 is 23.3 Å². The number of halogens is 2. The fourth-order valence-electron chi connectivity index (χ4n) is 5.61. The first-order valence-corrected chi connectivity index (χ1v) is 13.8. The first-order chi connectivity index (χ1) is 21.8. The number of hydrogen-bond donors (Lipinski definition) is 2. The predicted octanol–water partition coefficient (Wildman–Crippen LogP) is 3.80. The molecule has 0 saturated carbocycles. The molecule has 17 heteroatoms. The summed E-state index contributed by atoms with van der Waals surface area (Å²) in [6.45, 7) is 3.86. The molecule has 0 spiro atoms. The number of fused-ring (bicyclic) bond motifs is 1. The van der Waals surface area contributed by atoms with E-state index in [4.69, 9.17) is 4.74 Å². The van der Waals surface area contributed by atoms with Gasteiger partial charge in [0.05, 0.1) is 35.2 Å². The maximum Gasteiger partial charge on any atom is 0.407 e. The molecule has 1 aliphatic heterocycles. The van der Waals surface area contributed by atoms with Crippen LogP contribution in [0.4, 0.5) is 25.0 Å². The maximum atomic E-state index is 16.1. The van der Waals surface area contributed by atoms with Gasteiger partial charge in [0.15, 0.2) is 17.3 Å². The van der Waals surface area contributed by atoms with Crippen LogP contribution in [0.5, 0.6) is 5.75 Å². The Balaban J connectivity index is 1.98. The van der Waals surface area contributed by atoms with Gasteiger partial charge in [0.2, 0.25) is 0 Å². The first-order valence-electron chi connectivity index (χ1n) is 13.8. The van der Waals surface area contributed by atoms with Crippen LogP contribution in [0, 0.1) is 21.7 Å². The SMILES string of the molecule is COc1cccc(F)c1-c1nc2c(cc1F)c(N1CC(C)N(C(=O)O)C[C@@H]1C(=O)O)c([N+](=O)[O-])c(=O)n2-c1nccnc1C(C)C. The number of nitro groups is 1. The van der Waals surface area contributed by atoms with E-state index in [1.54, 1.807) is 13.8 Å². The van der Waals surface area contributed by atoms with Crippen LogP contribution in [0.1, 0.15) is 32.4 Å². The van der Waals surface area contributed by atoms with Crippen LogP contribution >= 0.6 is 0 Å². The summed E-state index contributed by atoms with van der Waals surface area (Å²) in [4.78, 5) is 64.9. The van der Waals surface area contributed by atoms with Crippen molar-refractivity contribution in [1.82, 2.24) is 24.4 Å². The Morgan fingerprint density at radius 3 is 2.43 bits per heavy atom. The van der Waals surface area contributed by atoms with Crippen molar-refractivity contribution in [3.05, 3.63) is 74.5 Å². The van der Waals surface area contributed by atoms with Gasteiger partial charge in [-0.2, -0.15) is 0 Å². The van der Waals surface area contributed by atoms with Gasteiger partial charge in [-0.3, -0.25) is 19.9 Å².